The highest BCUT2D eigenvalue weighted by Crippen LogP contribution is 2.31. The summed E-state index contributed by atoms with van der Waals surface area (Å²) in [5.74, 6) is -2.72. The normalized spacial score (nSPS) is 21.8. The molecule has 13 heteroatoms. The summed E-state index contributed by atoms with van der Waals surface area (Å²) in [4.78, 5) is 47.9. The highest BCUT2D eigenvalue weighted by Gasteiger charge is 2.50. The van der Waals surface area contributed by atoms with Crippen LogP contribution in [0.3, 0.4) is 0 Å². The average Bonchev–Trinajstić information content (AvgIpc) is 3.09. The van der Waals surface area contributed by atoms with Gasteiger partial charge in [-0.3, -0.25) is 19.2 Å². The molecule has 1 aliphatic rings. The lowest BCUT2D eigenvalue weighted by Crippen LogP contribution is -2.44. The highest BCUT2D eigenvalue weighted by molar-refractivity contribution is 7.89. The van der Waals surface area contributed by atoms with E-state index in [0.717, 1.165) is 19.4 Å². The van der Waals surface area contributed by atoms with Crippen LogP contribution >= 0.6 is 0 Å². The number of hydrogen-bond acceptors (Lipinski definition) is 11. The molecule has 1 saturated heterocycles. The molecule has 0 saturated carbocycles. The lowest BCUT2D eigenvalue weighted by atomic mass is 10.0. The van der Waals surface area contributed by atoms with Crippen molar-refractivity contribution in [1.29, 1.82) is 0 Å². The van der Waals surface area contributed by atoms with Gasteiger partial charge in [0, 0.05) is 20.8 Å². The Kier molecular flexibility index (Phi) is 11.6. The van der Waals surface area contributed by atoms with Crippen LogP contribution in [0, 0.1) is 6.92 Å². The van der Waals surface area contributed by atoms with Gasteiger partial charge in [0.15, 0.2) is 6.10 Å². The van der Waals surface area contributed by atoms with Crippen molar-refractivity contribution < 1.29 is 51.3 Å². The Hall–Kier alpha value is -3.03. The lowest BCUT2D eigenvalue weighted by Gasteiger charge is -2.25. The lowest BCUT2D eigenvalue weighted by molar-refractivity contribution is -0.195. The fourth-order valence-electron chi connectivity index (χ4n) is 4.10. The molecule has 0 bridgehead atoms. The fraction of sp³-hybridized carbons (Fsp3) is 0.630. The molecule has 0 radical (unpaired) electrons. The van der Waals surface area contributed by atoms with E-state index in [9.17, 15) is 27.6 Å². The summed E-state index contributed by atoms with van der Waals surface area (Å²) in [6.45, 7) is 10.4. The van der Waals surface area contributed by atoms with Crippen LogP contribution in [0.1, 0.15) is 72.8 Å². The Labute approximate surface area is 235 Å². The number of aryl methyl sites for hydroxylation is 1. The third kappa shape index (κ3) is 10.5. The van der Waals surface area contributed by atoms with Crippen LogP contribution in [0.15, 0.2) is 29.2 Å². The molecule has 1 heterocycles. The summed E-state index contributed by atoms with van der Waals surface area (Å²) in [5.41, 5.74) is 0.0486. The van der Waals surface area contributed by atoms with E-state index in [4.69, 9.17) is 23.7 Å². The number of esters is 4. The number of carbonyl (C=O) groups is 4. The van der Waals surface area contributed by atoms with E-state index in [1.165, 1.54) is 19.1 Å². The van der Waals surface area contributed by atoms with Crippen molar-refractivity contribution in [2.24, 2.45) is 0 Å². The summed E-state index contributed by atoms with van der Waals surface area (Å²) in [6.07, 6.45) is -3.14. The number of sulfonamides is 1. The van der Waals surface area contributed by atoms with Gasteiger partial charge in [-0.2, -0.15) is 4.72 Å². The Balaban J connectivity index is 2.13. The van der Waals surface area contributed by atoms with Crippen LogP contribution in [0.4, 0.5) is 0 Å². The molecule has 2 rings (SSSR count). The molecule has 0 amide bonds. The van der Waals surface area contributed by atoms with E-state index < -0.39 is 70.1 Å². The standard InChI is InChI=1S/C27H39NO11S/c1-16-12-14-20(15-13-16)40(33,34)28-21(25(32)39-27(5,6)7)10-8-9-11-22-23(35-17(2)29)24(36-18(3)30)26(38-22)37-19(4)31/h12-15,21-24,26,28H,8-11H2,1-7H3/t21-,22+,23+,24+,26+/m0/s1. The number of rotatable bonds is 12. The minimum absolute atomic E-state index is 0.0169. The molecule has 0 aliphatic carbocycles. The number of benzene rings is 1. The van der Waals surface area contributed by atoms with Crippen LogP contribution in [-0.4, -0.2) is 68.5 Å². The van der Waals surface area contributed by atoms with Gasteiger partial charge in [-0.05, 0) is 52.7 Å². The Bertz CT molecular complexity index is 1160. The second-order valence-electron chi connectivity index (χ2n) is 10.6. The van der Waals surface area contributed by atoms with Gasteiger partial charge in [-0.1, -0.05) is 30.5 Å². The topological polar surface area (TPSA) is 161 Å². The molecular weight excluding hydrogens is 546 g/mol. The molecule has 1 aliphatic heterocycles. The molecule has 0 aromatic heterocycles. The molecule has 5 atom stereocenters. The largest absolute Gasteiger partial charge is 0.459 e. The van der Waals surface area contributed by atoms with Gasteiger partial charge in [-0.15, -0.1) is 0 Å². The maximum atomic E-state index is 13.0. The molecule has 1 N–H and O–H groups in total. The SMILES string of the molecule is CC(=O)O[C@@H]1O[C@H](CCCC[C@H](NS(=O)(=O)c2ccc(C)cc2)C(=O)OC(C)(C)C)[C@@H](OC(C)=O)[C@H]1OC(C)=O. The Morgan fingerprint density at radius 2 is 1.45 bits per heavy atom. The average molecular weight is 586 g/mol. The zero-order chi connectivity index (χ0) is 30.3. The zero-order valence-electron chi connectivity index (χ0n) is 23.9. The van der Waals surface area contributed by atoms with Crippen molar-refractivity contribution in [2.45, 2.75) is 115 Å². The molecule has 1 aromatic rings. The third-order valence-corrected chi connectivity index (χ3v) is 7.19. The summed E-state index contributed by atoms with van der Waals surface area (Å²) in [6, 6.07) is 5.06. The smallest absolute Gasteiger partial charge is 0.324 e. The van der Waals surface area contributed by atoms with Crippen molar-refractivity contribution in [2.75, 3.05) is 0 Å². The van der Waals surface area contributed by atoms with Gasteiger partial charge >= 0.3 is 23.9 Å². The molecule has 0 unspecified atom stereocenters. The van der Waals surface area contributed by atoms with Crippen molar-refractivity contribution in [3.8, 4) is 0 Å². The second-order valence-corrected chi connectivity index (χ2v) is 12.3. The number of hydrogen-bond donors (Lipinski definition) is 1. The van der Waals surface area contributed by atoms with E-state index in [1.54, 1.807) is 32.9 Å². The summed E-state index contributed by atoms with van der Waals surface area (Å²) in [5, 5.41) is 0. The first kappa shape index (κ1) is 33.2. The number of unbranched alkanes of at least 4 members (excludes halogenated alkanes) is 1. The van der Waals surface area contributed by atoms with E-state index in [-0.39, 0.29) is 17.7 Å². The predicted molar refractivity (Wildman–Crippen MR) is 141 cm³/mol. The van der Waals surface area contributed by atoms with Crippen LogP contribution in [0.5, 0.6) is 0 Å². The van der Waals surface area contributed by atoms with E-state index in [1.807, 2.05) is 6.92 Å². The molecular formula is C27H39NO11S. The Morgan fingerprint density at radius 1 is 0.900 bits per heavy atom. The van der Waals surface area contributed by atoms with Gasteiger partial charge < -0.3 is 23.7 Å². The van der Waals surface area contributed by atoms with Gasteiger partial charge in [-0.25, -0.2) is 8.42 Å². The van der Waals surface area contributed by atoms with Gasteiger partial charge in [0.2, 0.25) is 22.4 Å². The van der Waals surface area contributed by atoms with Crippen LogP contribution < -0.4 is 4.72 Å². The van der Waals surface area contributed by atoms with Crippen molar-refractivity contribution in [3.05, 3.63) is 29.8 Å². The molecule has 224 valence electrons. The van der Waals surface area contributed by atoms with Crippen LogP contribution in [0.2, 0.25) is 0 Å². The van der Waals surface area contributed by atoms with Crippen molar-refractivity contribution in [1.82, 2.24) is 4.72 Å². The Morgan fingerprint density at radius 3 is 1.98 bits per heavy atom. The number of nitrogens with one attached hydrogen (secondary N) is 1. The molecule has 0 spiro atoms. The maximum Gasteiger partial charge on any atom is 0.324 e. The monoisotopic (exact) mass is 585 g/mol. The molecule has 1 fully saturated rings. The molecule has 40 heavy (non-hydrogen) atoms. The first-order valence-corrected chi connectivity index (χ1v) is 14.5. The fourth-order valence-corrected chi connectivity index (χ4v) is 5.32. The van der Waals surface area contributed by atoms with Crippen molar-refractivity contribution in [3.63, 3.8) is 0 Å². The number of ether oxygens (including phenoxy) is 5. The quantitative estimate of drug-likeness (QED) is 0.218. The van der Waals surface area contributed by atoms with Crippen molar-refractivity contribution >= 4 is 33.9 Å². The summed E-state index contributed by atoms with van der Waals surface area (Å²) < 4.78 is 55.4. The first-order chi connectivity index (χ1) is 18.5. The minimum Gasteiger partial charge on any atom is -0.459 e. The van der Waals surface area contributed by atoms with E-state index >= 15 is 0 Å². The molecule has 12 nitrogen and oxygen atoms in total. The predicted octanol–water partition coefficient (Wildman–Crippen LogP) is 2.70. The maximum absolute atomic E-state index is 13.0. The van der Waals surface area contributed by atoms with Gasteiger partial charge in [0.25, 0.3) is 0 Å². The highest BCUT2D eigenvalue weighted by atomic mass is 32.2. The van der Waals surface area contributed by atoms with Crippen LogP contribution in [0.25, 0.3) is 0 Å². The second kappa shape index (κ2) is 14.0. The third-order valence-electron chi connectivity index (χ3n) is 5.71. The molecule has 1 aromatic carbocycles. The van der Waals surface area contributed by atoms with Gasteiger partial charge in [0.1, 0.15) is 17.7 Å². The van der Waals surface area contributed by atoms with E-state index in [0.29, 0.717) is 12.8 Å². The number of carbonyl (C=O) groups excluding carboxylic acids is 4. The zero-order valence-corrected chi connectivity index (χ0v) is 24.7. The minimum atomic E-state index is -4.02. The first-order valence-electron chi connectivity index (χ1n) is 13.0. The van der Waals surface area contributed by atoms with Crippen LogP contribution in [-0.2, 0) is 52.9 Å². The van der Waals surface area contributed by atoms with E-state index in [2.05, 4.69) is 4.72 Å². The van der Waals surface area contributed by atoms with Gasteiger partial charge in [0.05, 0.1) is 4.90 Å². The summed E-state index contributed by atoms with van der Waals surface area (Å²) >= 11 is 0. The summed E-state index contributed by atoms with van der Waals surface area (Å²) in [7, 11) is -4.02.